The molecule has 0 saturated carbocycles. The Morgan fingerprint density at radius 1 is 1.17 bits per heavy atom. The second kappa shape index (κ2) is 8.02. The predicted octanol–water partition coefficient (Wildman–Crippen LogP) is 3.16. The third-order valence-corrected chi connectivity index (χ3v) is 4.55. The summed E-state index contributed by atoms with van der Waals surface area (Å²) < 4.78 is 10.7. The number of aromatic amines is 1. The van der Waals surface area contributed by atoms with Crippen LogP contribution in [0.4, 0.5) is 0 Å². The molecule has 4 rings (SSSR count). The van der Waals surface area contributed by atoms with E-state index in [4.69, 9.17) is 9.15 Å². The summed E-state index contributed by atoms with van der Waals surface area (Å²) in [5, 5.41) is 3.56. The highest BCUT2D eigenvalue weighted by molar-refractivity contribution is 5.97. The van der Waals surface area contributed by atoms with Gasteiger partial charge in [-0.15, -0.1) is 0 Å². The maximum atomic E-state index is 12.4. The van der Waals surface area contributed by atoms with Crippen molar-refractivity contribution in [1.29, 1.82) is 0 Å². The molecule has 4 aromatic rings. The number of amides is 1. The first kappa shape index (κ1) is 18.5. The molecule has 2 N–H and O–H groups in total. The third-order valence-electron chi connectivity index (χ3n) is 4.55. The second-order valence-electron chi connectivity index (χ2n) is 6.48. The van der Waals surface area contributed by atoms with E-state index < -0.39 is 11.5 Å². The number of fused-ring (bicyclic) bond motifs is 1. The number of aromatic nitrogens is 2. The first-order chi connectivity index (χ1) is 14.1. The average molecular weight is 389 g/mol. The molecule has 146 valence electrons. The van der Waals surface area contributed by atoms with Gasteiger partial charge in [0.2, 0.25) is 5.89 Å². The minimum atomic E-state index is -0.420. The number of rotatable bonds is 6. The van der Waals surface area contributed by atoms with Gasteiger partial charge in [-0.2, -0.15) is 0 Å². The number of ether oxygens (including phenoxy) is 1. The molecule has 0 spiro atoms. The zero-order valence-electron chi connectivity index (χ0n) is 15.8. The standard InChI is InChI=1S/C22H19N3O4/c1-28-17-8-6-14(7-9-17)22-24-16(13-29-22)10-11-23-20(26)18-12-15-4-2-3-5-19(15)25-21(18)27/h2-9,12-13H,10-11H2,1H3,(H,23,26)(H,25,27). The molecule has 0 unspecified atom stereocenters. The number of H-pyrrole nitrogens is 1. The Balaban J connectivity index is 1.39. The predicted molar refractivity (Wildman–Crippen MR) is 109 cm³/mol. The van der Waals surface area contributed by atoms with E-state index >= 15 is 0 Å². The summed E-state index contributed by atoms with van der Waals surface area (Å²) in [6.45, 7) is 0.333. The lowest BCUT2D eigenvalue weighted by Gasteiger charge is -2.05. The van der Waals surface area contributed by atoms with Crippen LogP contribution < -0.4 is 15.6 Å². The van der Waals surface area contributed by atoms with Gasteiger partial charge < -0.3 is 19.5 Å². The van der Waals surface area contributed by atoms with Crippen LogP contribution in [0, 0.1) is 0 Å². The Labute approximate surface area is 166 Å². The lowest BCUT2D eigenvalue weighted by Crippen LogP contribution is -2.31. The molecule has 2 aromatic heterocycles. The van der Waals surface area contributed by atoms with Gasteiger partial charge in [0, 0.05) is 24.0 Å². The molecular formula is C22H19N3O4. The van der Waals surface area contributed by atoms with Gasteiger partial charge in [-0.25, -0.2) is 4.98 Å². The molecule has 0 saturated heterocycles. The normalized spacial score (nSPS) is 10.8. The summed E-state index contributed by atoms with van der Waals surface area (Å²) in [6.07, 6.45) is 2.05. The van der Waals surface area contributed by atoms with Crippen LogP contribution in [0.3, 0.4) is 0 Å². The molecule has 0 aliphatic carbocycles. The topological polar surface area (TPSA) is 97.2 Å². The summed E-state index contributed by atoms with van der Waals surface area (Å²) in [6, 6.07) is 16.3. The smallest absolute Gasteiger partial charge is 0.261 e. The largest absolute Gasteiger partial charge is 0.497 e. The number of nitrogens with one attached hydrogen (secondary N) is 2. The van der Waals surface area contributed by atoms with Gasteiger partial charge in [0.15, 0.2) is 0 Å². The molecule has 0 fully saturated rings. The van der Waals surface area contributed by atoms with Crippen molar-refractivity contribution < 1.29 is 13.9 Å². The summed E-state index contributed by atoms with van der Waals surface area (Å²) >= 11 is 0. The fourth-order valence-corrected chi connectivity index (χ4v) is 3.00. The van der Waals surface area contributed by atoms with E-state index in [0.29, 0.717) is 30.1 Å². The zero-order chi connectivity index (χ0) is 20.2. The van der Waals surface area contributed by atoms with Crippen molar-refractivity contribution in [3.63, 3.8) is 0 Å². The van der Waals surface area contributed by atoms with E-state index in [1.165, 1.54) is 0 Å². The van der Waals surface area contributed by atoms with Gasteiger partial charge in [0.25, 0.3) is 11.5 Å². The molecule has 0 aliphatic rings. The van der Waals surface area contributed by atoms with E-state index in [0.717, 1.165) is 16.7 Å². The summed E-state index contributed by atoms with van der Waals surface area (Å²) in [4.78, 5) is 31.7. The average Bonchev–Trinajstić information content (AvgIpc) is 3.22. The Bertz CT molecular complexity index is 1210. The van der Waals surface area contributed by atoms with Crippen LogP contribution in [-0.4, -0.2) is 29.5 Å². The maximum Gasteiger partial charge on any atom is 0.261 e. The number of carbonyl (C=O) groups excluding carboxylic acids is 1. The molecule has 7 heteroatoms. The van der Waals surface area contributed by atoms with Crippen molar-refractivity contribution in [1.82, 2.24) is 15.3 Å². The quantitative estimate of drug-likeness (QED) is 0.528. The van der Waals surface area contributed by atoms with Gasteiger partial charge in [0.1, 0.15) is 17.6 Å². The van der Waals surface area contributed by atoms with Gasteiger partial charge >= 0.3 is 0 Å². The maximum absolute atomic E-state index is 12.4. The van der Waals surface area contributed by atoms with Crippen LogP contribution in [0.25, 0.3) is 22.4 Å². The van der Waals surface area contributed by atoms with Crippen molar-refractivity contribution >= 4 is 16.8 Å². The fourth-order valence-electron chi connectivity index (χ4n) is 3.00. The number of nitrogens with zero attached hydrogens (tertiary/aromatic N) is 1. The minimum absolute atomic E-state index is 0.0859. The molecule has 0 bridgehead atoms. The van der Waals surface area contributed by atoms with Gasteiger partial charge in [-0.1, -0.05) is 18.2 Å². The zero-order valence-corrected chi connectivity index (χ0v) is 15.8. The molecule has 7 nitrogen and oxygen atoms in total. The first-order valence-electron chi connectivity index (χ1n) is 9.13. The van der Waals surface area contributed by atoms with Crippen molar-refractivity contribution in [2.45, 2.75) is 6.42 Å². The van der Waals surface area contributed by atoms with Crippen molar-refractivity contribution in [3.05, 3.63) is 82.5 Å². The molecule has 2 heterocycles. The van der Waals surface area contributed by atoms with Crippen molar-refractivity contribution in [2.75, 3.05) is 13.7 Å². The number of hydrogen-bond donors (Lipinski definition) is 2. The third kappa shape index (κ3) is 4.03. The van der Waals surface area contributed by atoms with E-state index in [9.17, 15) is 9.59 Å². The van der Waals surface area contributed by atoms with Crippen LogP contribution in [0.1, 0.15) is 16.1 Å². The Kier molecular flexibility index (Phi) is 5.11. The van der Waals surface area contributed by atoms with Crippen LogP contribution in [0.15, 0.2) is 70.1 Å². The molecular weight excluding hydrogens is 370 g/mol. The second-order valence-corrected chi connectivity index (χ2v) is 6.48. The number of carbonyl (C=O) groups is 1. The number of benzene rings is 2. The summed E-state index contributed by atoms with van der Waals surface area (Å²) in [5.41, 5.74) is 1.92. The highest BCUT2D eigenvalue weighted by Crippen LogP contribution is 2.21. The minimum Gasteiger partial charge on any atom is -0.497 e. The Hall–Kier alpha value is -3.87. The molecule has 2 aromatic carbocycles. The van der Waals surface area contributed by atoms with E-state index in [1.807, 2.05) is 42.5 Å². The van der Waals surface area contributed by atoms with Crippen LogP contribution >= 0.6 is 0 Å². The lowest BCUT2D eigenvalue weighted by molar-refractivity contribution is 0.0952. The Morgan fingerprint density at radius 3 is 2.76 bits per heavy atom. The van der Waals surface area contributed by atoms with Crippen LogP contribution in [0.2, 0.25) is 0 Å². The molecule has 29 heavy (non-hydrogen) atoms. The number of methoxy groups -OCH3 is 1. The monoisotopic (exact) mass is 389 g/mol. The summed E-state index contributed by atoms with van der Waals surface area (Å²) in [7, 11) is 1.61. The van der Waals surface area contributed by atoms with E-state index in [-0.39, 0.29) is 5.56 Å². The number of para-hydroxylation sites is 1. The summed E-state index contributed by atoms with van der Waals surface area (Å²) in [5.74, 6) is 0.836. The SMILES string of the molecule is COc1ccc(-c2nc(CCNC(=O)c3cc4ccccc4[nH]c3=O)co2)cc1. The van der Waals surface area contributed by atoms with Crippen molar-refractivity contribution in [2.24, 2.45) is 0 Å². The van der Waals surface area contributed by atoms with Gasteiger partial charge in [-0.3, -0.25) is 9.59 Å². The van der Waals surface area contributed by atoms with Gasteiger partial charge in [-0.05, 0) is 41.8 Å². The first-order valence-corrected chi connectivity index (χ1v) is 9.13. The van der Waals surface area contributed by atoms with E-state index in [2.05, 4.69) is 15.3 Å². The number of oxazole rings is 1. The number of pyridine rings is 1. The highest BCUT2D eigenvalue weighted by Gasteiger charge is 2.12. The fraction of sp³-hybridized carbons (Fsp3) is 0.136. The molecule has 1 amide bonds. The molecule has 0 radical (unpaired) electrons. The molecule has 0 aliphatic heterocycles. The van der Waals surface area contributed by atoms with Crippen LogP contribution in [0.5, 0.6) is 5.75 Å². The van der Waals surface area contributed by atoms with E-state index in [1.54, 1.807) is 25.5 Å². The molecule has 0 atom stereocenters. The van der Waals surface area contributed by atoms with Crippen molar-refractivity contribution in [3.8, 4) is 17.2 Å². The Morgan fingerprint density at radius 2 is 1.97 bits per heavy atom. The number of hydrogen-bond acceptors (Lipinski definition) is 5. The lowest BCUT2D eigenvalue weighted by atomic mass is 10.1. The van der Waals surface area contributed by atoms with Gasteiger partial charge in [0.05, 0.1) is 12.8 Å². The highest BCUT2D eigenvalue weighted by atomic mass is 16.5. The van der Waals surface area contributed by atoms with Crippen LogP contribution in [-0.2, 0) is 6.42 Å².